The smallest absolute Gasteiger partial charge is 0.0439 e. The zero-order chi connectivity index (χ0) is 8.77. The Balaban J connectivity index is 2.31. The van der Waals surface area contributed by atoms with Crippen LogP contribution in [0.25, 0.3) is 0 Å². The number of hydrogen-bond acceptors (Lipinski definition) is 1. The molecule has 1 aromatic carbocycles. The highest BCUT2D eigenvalue weighted by molar-refractivity contribution is 5.33. The number of rotatable bonds is 1. The normalized spacial score (nSPS) is 33.4. The first-order valence-electron chi connectivity index (χ1n) is 4.49. The van der Waals surface area contributed by atoms with E-state index in [1.54, 1.807) is 0 Å². The summed E-state index contributed by atoms with van der Waals surface area (Å²) in [7, 11) is 0. The first-order valence-corrected chi connectivity index (χ1v) is 4.49. The molecule has 12 heavy (non-hydrogen) atoms. The van der Waals surface area contributed by atoms with Gasteiger partial charge in [0, 0.05) is 5.54 Å². The summed E-state index contributed by atoms with van der Waals surface area (Å²) in [4.78, 5) is 0. The molecule has 1 heteroatoms. The summed E-state index contributed by atoms with van der Waals surface area (Å²) in [5, 5.41) is 0. The van der Waals surface area contributed by atoms with E-state index in [0.717, 1.165) is 6.42 Å². The molecule has 0 aromatic heterocycles. The molecule has 0 bridgehead atoms. The van der Waals surface area contributed by atoms with Gasteiger partial charge in [-0.25, -0.2) is 0 Å². The minimum Gasteiger partial charge on any atom is -0.321 e. The van der Waals surface area contributed by atoms with Crippen molar-refractivity contribution < 1.29 is 0 Å². The van der Waals surface area contributed by atoms with Gasteiger partial charge < -0.3 is 5.73 Å². The predicted molar refractivity (Wildman–Crippen MR) is 50.8 cm³/mol. The third kappa shape index (κ3) is 1.05. The Morgan fingerprint density at radius 2 is 1.83 bits per heavy atom. The Labute approximate surface area is 73.6 Å². The molecule has 1 aliphatic rings. The van der Waals surface area contributed by atoms with Crippen molar-refractivity contribution in [1.29, 1.82) is 0 Å². The molecule has 1 saturated carbocycles. The molecule has 2 unspecified atom stereocenters. The summed E-state index contributed by atoms with van der Waals surface area (Å²) < 4.78 is 0. The molecule has 0 radical (unpaired) electrons. The monoisotopic (exact) mass is 161 g/mol. The van der Waals surface area contributed by atoms with E-state index in [1.165, 1.54) is 11.1 Å². The lowest BCUT2D eigenvalue weighted by molar-refractivity contribution is 0.664. The minimum atomic E-state index is -0.00625. The van der Waals surface area contributed by atoms with Gasteiger partial charge in [0.05, 0.1) is 0 Å². The first-order chi connectivity index (χ1) is 5.63. The summed E-state index contributed by atoms with van der Waals surface area (Å²) in [6.07, 6.45) is 1.13. The maximum Gasteiger partial charge on any atom is 0.0439 e. The van der Waals surface area contributed by atoms with E-state index in [9.17, 15) is 0 Å². The van der Waals surface area contributed by atoms with E-state index in [0.29, 0.717) is 5.92 Å². The number of hydrogen-bond donors (Lipinski definition) is 1. The van der Waals surface area contributed by atoms with Gasteiger partial charge in [0.15, 0.2) is 0 Å². The summed E-state index contributed by atoms with van der Waals surface area (Å²) in [6, 6.07) is 8.57. The highest BCUT2D eigenvalue weighted by Crippen LogP contribution is 2.48. The van der Waals surface area contributed by atoms with E-state index in [2.05, 4.69) is 38.1 Å². The lowest BCUT2D eigenvalue weighted by Crippen LogP contribution is -2.21. The Kier molecular flexibility index (Phi) is 1.52. The van der Waals surface area contributed by atoms with Crippen LogP contribution in [0.3, 0.4) is 0 Å². The number of aryl methyl sites for hydroxylation is 1. The Morgan fingerprint density at radius 1 is 1.33 bits per heavy atom. The number of benzene rings is 1. The Hall–Kier alpha value is -0.820. The largest absolute Gasteiger partial charge is 0.321 e. The fraction of sp³-hybridized carbons (Fsp3) is 0.455. The van der Waals surface area contributed by atoms with E-state index >= 15 is 0 Å². The Morgan fingerprint density at radius 3 is 2.25 bits per heavy atom. The lowest BCUT2D eigenvalue weighted by atomic mass is 10.0. The third-order valence-electron chi connectivity index (χ3n) is 2.95. The second kappa shape index (κ2) is 2.33. The zero-order valence-electron chi connectivity index (χ0n) is 7.67. The van der Waals surface area contributed by atoms with Crippen molar-refractivity contribution in [3.63, 3.8) is 0 Å². The highest BCUT2D eigenvalue weighted by Gasteiger charge is 2.48. The molecule has 0 saturated heterocycles. The molecule has 2 N–H and O–H groups in total. The maximum absolute atomic E-state index is 6.16. The van der Waals surface area contributed by atoms with Gasteiger partial charge in [-0.2, -0.15) is 0 Å². The van der Waals surface area contributed by atoms with Gasteiger partial charge in [-0.15, -0.1) is 0 Å². The van der Waals surface area contributed by atoms with Gasteiger partial charge in [0.1, 0.15) is 0 Å². The molecular formula is C11H15N. The van der Waals surface area contributed by atoms with Crippen LogP contribution in [0.4, 0.5) is 0 Å². The van der Waals surface area contributed by atoms with Crippen molar-refractivity contribution in [2.75, 3.05) is 0 Å². The van der Waals surface area contributed by atoms with Crippen LogP contribution >= 0.6 is 0 Å². The molecule has 1 nitrogen and oxygen atoms in total. The van der Waals surface area contributed by atoms with Crippen LogP contribution in [-0.4, -0.2) is 0 Å². The van der Waals surface area contributed by atoms with Gasteiger partial charge in [0.2, 0.25) is 0 Å². The minimum absolute atomic E-state index is 0.00625. The average molecular weight is 161 g/mol. The van der Waals surface area contributed by atoms with E-state index < -0.39 is 0 Å². The summed E-state index contributed by atoms with van der Waals surface area (Å²) in [5.74, 6) is 0.653. The first kappa shape index (κ1) is 7.81. The van der Waals surface area contributed by atoms with Crippen molar-refractivity contribution in [1.82, 2.24) is 0 Å². The van der Waals surface area contributed by atoms with E-state index in [4.69, 9.17) is 5.73 Å². The molecule has 64 valence electrons. The average Bonchev–Trinajstić information content (AvgIpc) is 2.62. The van der Waals surface area contributed by atoms with Crippen molar-refractivity contribution in [2.24, 2.45) is 11.7 Å². The van der Waals surface area contributed by atoms with Crippen LogP contribution < -0.4 is 5.73 Å². The molecule has 0 heterocycles. The van der Waals surface area contributed by atoms with Gasteiger partial charge in [-0.05, 0) is 24.8 Å². The van der Waals surface area contributed by atoms with Crippen LogP contribution in [0.1, 0.15) is 24.5 Å². The molecule has 0 aliphatic heterocycles. The second-order valence-electron chi connectivity index (χ2n) is 4.01. The lowest BCUT2D eigenvalue weighted by Gasteiger charge is -2.10. The van der Waals surface area contributed by atoms with Crippen LogP contribution in [0.5, 0.6) is 0 Å². The maximum atomic E-state index is 6.16. The van der Waals surface area contributed by atoms with Crippen LogP contribution in [0, 0.1) is 12.8 Å². The summed E-state index contributed by atoms with van der Waals surface area (Å²) in [6.45, 7) is 4.31. The van der Waals surface area contributed by atoms with Crippen molar-refractivity contribution >= 4 is 0 Å². The van der Waals surface area contributed by atoms with Crippen molar-refractivity contribution in [3.05, 3.63) is 35.4 Å². The quantitative estimate of drug-likeness (QED) is 0.671. The third-order valence-corrected chi connectivity index (χ3v) is 2.95. The molecule has 0 spiro atoms. The van der Waals surface area contributed by atoms with E-state index in [1.807, 2.05) is 0 Å². The van der Waals surface area contributed by atoms with Gasteiger partial charge in [0.25, 0.3) is 0 Å². The highest BCUT2D eigenvalue weighted by atomic mass is 14.8. The molecular weight excluding hydrogens is 146 g/mol. The fourth-order valence-electron chi connectivity index (χ4n) is 1.71. The molecule has 1 aromatic rings. The SMILES string of the molecule is Cc1ccc(C2(N)CC2C)cc1. The Bertz CT molecular complexity index is 288. The summed E-state index contributed by atoms with van der Waals surface area (Å²) >= 11 is 0. The molecule has 0 amide bonds. The summed E-state index contributed by atoms with van der Waals surface area (Å²) in [5.41, 5.74) is 8.75. The topological polar surface area (TPSA) is 26.0 Å². The van der Waals surface area contributed by atoms with Crippen molar-refractivity contribution in [3.8, 4) is 0 Å². The van der Waals surface area contributed by atoms with Crippen LogP contribution in [0.2, 0.25) is 0 Å². The standard InChI is InChI=1S/C11H15N/c1-8-3-5-10(6-4-8)11(12)7-9(11)2/h3-6,9H,7,12H2,1-2H3. The van der Waals surface area contributed by atoms with E-state index in [-0.39, 0.29) is 5.54 Å². The molecule has 1 fully saturated rings. The predicted octanol–water partition coefficient (Wildman–Crippen LogP) is 2.19. The van der Waals surface area contributed by atoms with Crippen molar-refractivity contribution in [2.45, 2.75) is 25.8 Å². The fourth-order valence-corrected chi connectivity index (χ4v) is 1.71. The zero-order valence-corrected chi connectivity index (χ0v) is 7.67. The van der Waals surface area contributed by atoms with Crippen LogP contribution in [-0.2, 0) is 5.54 Å². The molecule has 2 rings (SSSR count). The molecule has 1 aliphatic carbocycles. The van der Waals surface area contributed by atoms with Gasteiger partial charge >= 0.3 is 0 Å². The van der Waals surface area contributed by atoms with Crippen LogP contribution in [0.15, 0.2) is 24.3 Å². The molecule has 2 atom stereocenters. The second-order valence-corrected chi connectivity index (χ2v) is 4.01. The number of nitrogens with two attached hydrogens (primary N) is 1. The van der Waals surface area contributed by atoms with Gasteiger partial charge in [-0.3, -0.25) is 0 Å². The van der Waals surface area contributed by atoms with Gasteiger partial charge in [-0.1, -0.05) is 36.8 Å².